The topological polar surface area (TPSA) is 43.5 Å². The van der Waals surface area contributed by atoms with E-state index in [0.29, 0.717) is 5.56 Å². The molecule has 0 aliphatic rings. The smallest absolute Gasteiger partial charge is 0.0991 e. The van der Waals surface area contributed by atoms with Crippen LogP contribution in [0.2, 0.25) is 0 Å². The fourth-order valence-electron chi connectivity index (χ4n) is 20.3. The van der Waals surface area contributed by atoms with Crippen LogP contribution in [-0.2, 0) is 0 Å². The van der Waals surface area contributed by atoms with Gasteiger partial charge in [-0.3, -0.25) is 0 Å². The monoisotopic (exact) mass is 1740 g/mol. The lowest BCUT2D eigenvalue weighted by Crippen LogP contribution is -1.94. The van der Waals surface area contributed by atoms with Crippen LogP contribution in [0.25, 0.3) is 239 Å². The fraction of sp³-hybridized carbons (Fsp3) is 0. The molecule has 0 saturated heterocycles. The molecule has 0 aliphatic heterocycles. The molecule has 0 atom stereocenters. The van der Waals surface area contributed by atoms with E-state index in [9.17, 15) is 5.26 Å². The lowest BCUT2D eigenvalue weighted by atomic mass is 9.98. The van der Waals surface area contributed by atoms with Crippen molar-refractivity contribution in [3.8, 4) is 118 Å². The molecule has 6 heterocycles. The van der Waals surface area contributed by atoms with Crippen molar-refractivity contribution in [3.05, 3.63) is 497 Å². The van der Waals surface area contributed by atoms with Gasteiger partial charge in [-0.2, -0.15) is 5.26 Å². The lowest BCUT2D eigenvalue weighted by Gasteiger charge is -2.11. The highest BCUT2D eigenvalue weighted by molar-refractivity contribution is 7.26. The quantitative estimate of drug-likeness (QED) is 0.120. The summed E-state index contributed by atoms with van der Waals surface area (Å²) in [4.78, 5) is 0. The maximum atomic E-state index is 9.43. The Morgan fingerprint density at radius 3 is 0.948 bits per heavy atom. The summed E-state index contributed by atoms with van der Waals surface area (Å²) in [7, 11) is 0. The van der Waals surface area contributed by atoms with Gasteiger partial charge in [-0.15, -0.1) is 22.7 Å². The molecular weight excluding hydrogens is 1660 g/mol. The van der Waals surface area contributed by atoms with E-state index < -0.39 is 0 Å². The number of nitrogens with zero attached hydrogens (tertiary/aromatic N) is 5. The van der Waals surface area contributed by atoms with Gasteiger partial charge >= 0.3 is 0 Å². The molecule has 0 amide bonds. The van der Waals surface area contributed by atoms with Crippen LogP contribution in [-0.4, -0.2) is 18.3 Å². The number of fused-ring (bicyclic) bond motifs is 18. The maximum Gasteiger partial charge on any atom is 0.0991 e. The Hall–Kier alpha value is -17.3. The van der Waals surface area contributed by atoms with Crippen molar-refractivity contribution in [3.63, 3.8) is 0 Å². The van der Waals surface area contributed by atoms with Gasteiger partial charge in [-0.05, 0) is 241 Å². The maximum absolute atomic E-state index is 9.43. The Kier molecular flexibility index (Phi) is 19.7. The normalized spacial score (nSPS) is 11.6. The predicted molar refractivity (Wildman–Crippen MR) is 571 cm³/mol. The molecule has 0 aliphatic carbocycles. The van der Waals surface area contributed by atoms with E-state index in [-0.39, 0.29) is 0 Å². The number of thiophene rings is 2. The first-order chi connectivity index (χ1) is 66.4. The van der Waals surface area contributed by atoms with Crippen molar-refractivity contribution in [2.24, 2.45) is 0 Å². The SMILES string of the molecule is N#Cc1ccc2sc3ccc(-c4ccc5c(c4)c4ccccc4n5-c4ccc(-c5ccccc5)cc4)cc3c2c1.c1ccc(-c2ccc(-n3c4ccccc4c4cc(-c5ccc(-c6cccc7c6sc6ccccc67)cc5)ccc43)cc2)cc1.c1ccc(-c2cccc(-n3c4ccccc4c4ccc(-c5ccc(-c6ccc7c(c6)c6ccccc6n7-c6ccccc6)cc5)cc43)c2)cc1. The van der Waals surface area contributed by atoms with Crippen molar-refractivity contribution < 1.29 is 0 Å². The third-order valence-electron chi connectivity index (χ3n) is 26.8. The van der Waals surface area contributed by atoms with Crippen LogP contribution in [0.3, 0.4) is 0 Å². The third kappa shape index (κ3) is 14.0. The van der Waals surface area contributed by atoms with Gasteiger partial charge in [-0.25, -0.2) is 0 Å². The summed E-state index contributed by atoms with van der Waals surface area (Å²) in [6, 6.07) is 180. The zero-order valence-corrected chi connectivity index (χ0v) is 74.5. The summed E-state index contributed by atoms with van der Waals surface area (Å²) in [6.07, 6.45) is 0. The first kappa shape index (κ1) is 79.0. The van der Waals surface area contributed by atoms with E-state index >= 15 is 0 Å². The zero-order chi connectivity index (χ0) is 88.7. The summed E-state index contributed by atoms with van der Waals surface area (Å²) in [5, 5.41) is 24.5. The van der Waals surface area contributed by atoms with Crippen molar-refractivity contribution >= 4 is 150 Å². The molecular formula is C127H81N5S2. The molecule has 21 aromatic carbocycles. The number of aromatic nitrogens is 4. The molecule has 0 radical (unpaired) electrons. The standard InChI is InChI=1S/C48H32N2.C42H27NS.C37H22N2S/c1-3-12-33(13-4-1)36-14-11-17-40(30-36)50-45-20-9-7-18-41(45)43-28-26-38(32-48(43)50)35-24-22-34(23-25-35)37-27-29-47-44(31-37)42-19-8-10-21-46(42)49(47)39-15-5-2-6-16-39;1-2-9-28(10-3-1)29-21-24-33(25-22-29)43-39-15-6-4-11-35(39)38-27-32(23-26-40(38)43)30-17-19-31(20-18-30)34-13-8-14-37-36-12-5-7-16-41(36)44-42(34)37;38-23-24-10-18-36-32(20-24)33-22-28(14-19-37(33)40-36)27-13-17-35-31(21-27)30-8-4-5-9-34(30)39(35)29-15-11-26(12-16-29)25-6-2-1-3-7-25/h1-32H;1-27H;1-22H. The van der Waals surface area contributed by atoms with Crippen LogP contribution in [0.5, 0.6) is 0 Å². The highest BCUT2D eigenvalue weighted by atomic mass is 32.1. The largest absolute Gasteiger partial charge is 0.309 e. The summed E-state index contributed by atoms with van der Waals surface area (Å²) >= 11 is 3.66. The molecule has 0 fully saturated rings. The van der Waals surface area contributed by atoms with E-state index in [4.69, 9.17) is 0 Å². The minimum Gasteiger partial charge on any atom is -0.309 e. The molecule has 0 bridgehead atoms. The molecule has 0 spiro atoms. The molecule has 27 aromatic rings. The van der Waals surface area contributed by atoms with Gasteiger partial charge in [0.15, 0.2) is 0 Å². The minimum absolute atomic E-state index is 0.698. The van der Waals surface area contributed by atoms with Crippen molar-refractivity contribution in [1.82, 2.24) is 18.3 Å². The van der Waals surface area contributed by atoms with Crippen LogP contribution in [0, 0.1) is 11.3 Å². The Morgan fingerprint density at radius 2 is 0.448 bits per heavy atom. The number of para-hydroxylation sites is 5. The van der Waals surface area contributed by atoms with E-state index in [2.05, 4.69) is 504 Å². The molecule has 5 nitrogen and oxygen atoms in total. The average Bonchev–Trinajstić information content (AvgIpc) is 1.60. The van der Waals surface area contributed by atoms with Crippen LogP contribution in [0.1, 0.15) is 5.56 Å². The van der Waals surface area contributed by atoms with Gasteiger partial charge in [0.05, 0.1) is 55.8 Å². The van der Waals surface area contributed by atoms with Gasteiger partial charge in [0, 0.05) is 106 Å². The summed E-state index contributed by atoms with van der Waals surface area (Å²) in [5.74, 6) is 0. The van der Waals surface area contributed by atoms with Gasteiger partial charge in [0.25, 0.3) is 0 Å². The van der Waals surface area contributed by atoms with Gasteiger partial charge in [-0.1, -0.05) is 340 Å². The molecule has 0 saturated carbocycles. The Morgan fingerprint density at radius 1 is 0.157 bits per heavy atom. The van der Waals surface area contributed by atoms with Crippen molar-refractivity contribution in [2.45, 2.75) is 0 Å². The average molecular weight is 1740 g/mol. The molecule has 27 rings (SSSR count). The number of hydrogen-bond acceptors (Lipinski definition) is 3. The molecule has 0 N–H and O–H groups in total. The van der Waals surface area contributed by atoms with Crippen molar-refractivity contribution in [1.29, 1.82) is 5.26 Å². The van der Waals surface area contributed by atoms with E-state index in [0.717, 1.165) is 16.8 Å². The number of hydrogen-bond donors (Lipinski definition) is 0. The third-order valence-corrected chi connectivity index (χ3v) is 29.2. The number of benzene rings is 21. The Bertz CT molecular complexity index is 9270. The number of nitriles is 1. The summed E-state index contributed by atoms with van der Waals surface area (Å²) < 4.78 is 14.7. The predicted octanol–water partition coefficient (Wildman–Crippen LogP) is 35.4. The van der Waals surface area contributed by atoms with Gasteiger partial charge in [0.2, 0.25) is 0 Å². The zero-order valence-electron chi connectivity index (χ0n) is 72.8. The van der Waals surface area contributed by atoms with Crippen molar-refractivity contribution in [2.75, 3.05) is 0 Å². The lowest BCUT2D eigenvalue weighted by molar-refractivity contribution is 1.18. The van der Waals surface area contributed by atoms with E-state index in [1.54, 1.807) is 11.3 Å². The highest BCUT2D eigenvalue weighted by Crippen LogP contribution is 2.46. The van der Waals surface area contributed by atoms with Crippen LogP contribution in [0.15, 0.2) is 491 Å². The molecule has 626 valence electrons. The first-order valence-corrected chi connectivity index (χ1v) is 47.2. The molecule has 6 aromatic heterocycles. The Labute approximate surface area is 782 Å². The second kappa shape index (κ2) is 33.4. The van der Waals surface area contributed by atoms with Gasteiger partial charge < -0.3 is 18.3 Å². The molecule has 134 heavy (non-hydrogen) atoms. The molecule has 7 heteroatoms. The minimum atomic E-state index is 0.698. The van der Waals surface area contributed by atoms with Crippen LogP contribution >= 0.6 is 22.7 Å². The van der Waals surface area contributed by atoms with E-state index in [1.165, 1.54) is 223 Å². The Balaban J connectivity index is 0.000000108. The highest BCUT2D eigenvalue weighted by Gasteiger charge is 2.22. The van der Waals surface area contributed by atoms with Crippen LogP contribution in [0.4, 0.5) is 0 Å². The second-order valence-corrected chi connectivity index (χ2v) is 36.6. The molecule has 0 unspecified atom stereocenters. The number of rotatable bonds is 12. The van der Waals surface area contributed by atoms with E-state index in [1.807, 2.05) is 23.5 Å². The first-order valence-electron chi connectivity index (χ1n) is 45.5. The van der Waals surface area contributed by atoms with Gasteiger partial charge in [0.1, 0.15) is 0 Å². The summed E-state index contributed by atoms with van der Waals surface area (Å²) in [6.45, 7) is 0. The fourth-order valence-corrected chi connectivity index (χ4v) is 22.6. The second-order valence-electron chi connectivity index (χ2n) is 34.5. The summed E-state index contributed by atoms with van der Waals surface area (Å²) in [5.41, 5.74) is 34.6. The van der Waals surface area contributed by atoms with Crippen LogP contribution < -0.4 is 0 Å².